The summed E-state index contributed by atoms with van der Waals surface area (Å²) < 4.78 is 10.9. The summed E-state index contributed by atoms with van der Waals surface area (Å²) in [7, 11) is 4.33. The van der Waals surface area contributed by atoms with Crippen molar-refractivity contribution < 1.29 is 19.4 Å². The minimum atomic E-state index is 0.202. The number of ether oxygens (including phenoxy) is 2. The Labute approximate surface area is 150 Å². The number of hydrogen-bond donors (Lipinski definition) is 1. The molecule has 1 aromatic carbocycles. The predicted octanol–water partition coefficient (Wildman–Crippen LogP) is 2.85. The molecule has 2 heterocycles. The molecule has 2 atom stereocenters. The molecule has 2 aliphatic rings. The lowest BCUT2D eigenvalue weighted by molar-refractivity contribution is -0.129. The van der Waals surface area contributed by atoms with E-state index in [0.29, 0.717) is 18.1 Å². The number of aliphatic hydroxyl groups is 1. The average Bonchev–Trinajstić information content (AvgIpc) is 2.62. The summed E-state index contributed by atoms with van der Waals surface area (Å²) in [6.45, 7) is 6.31. The number of nitrogens with zero attached hydrogens (tertiary/aromatic N) is 1. The summed E-state index contributed by atoms with van der Waals surface area (Å²) in [5, 5.41) is 7.00. The third-order valence-electron chi connectivity index (χ3n) is 5.17. The molecule has 1 fully saturated rings. The summed E-state index contributed by atoms with van der Waals surface area (Å²) in [4.78, 5) is 15.1. The molecule has 5 heteroatoms. The topological polar surface area (TPSA) is 59.0 Å². The number of aliphatic hydroxyl groups excluding tert-OH is 1. The molecule has 0 bridgehead atoms. The SMILES string of the molecule is CO.COc1cc2c(cc1OC)C1CC(=O)C(CC(C)C)CN1CC2. The van der Waals surface area contributed by atoms with Crippen molar-refractivity contribution in [2.45, 2.75) is 39.2 Å². The zero-order chi connectivity index (χ0) is 18.6. The molecule has 2 aliphatic heterocycles. The van der Waals surface area contributed by atoms with Gasteiger partial charge in [0.05, 0.1) is 14.2 Å². The lowest BCUT2D eigenvalue weighted by Crippen LogP contribution is -2.46. The number of carbonyl (C=O) groups is 1. The number of carbonyl (C=O) groups excluding carboxylic acids is 1. The highest BCUT2D eigenvalue weighted by Gasteiger charge is 2.38. The Kier molecular flexibility index (Phi) is 6.85. The Morgan fingerprint density at radius 1 is 1.20 bits per heavy atom. The molecular formula is C20H31NO4. The van der Waals surface area contributed by atoms with E-state index in [0.717, 1.165) is 44.5 Å². The van der Waals surface area contributed by atoms with Crippen molar-refractivity contribution in [3.05, 3.63) is 23.3 Å². The number of rotatable bonds is 4. The van der Waals surface area contributed by atoms with Crippen LogP contribution in [0.3, 0.4) is 0 Å². The van der Waals surface area contributed by atoms with Crippen LogP contribution in [0.4, 0.5) is 0 Å². The first-order valence-electron chi connectivity index (χ1n) is 8.99. The number of piperidine rings is 1. The highest BCUT2D eigenvalue weighted by molar-refractivity contribution is 5.83. The lowest BCUT2D eigenvalue weighted by atomic mass is 9.80. The van der Waals surface area contributed by atoms with Crippen LogP contribution in [-0.4, -0.2) is 50.2 Å². The van der Waals surface area contributed by atoms with Crippen molar-refractivity contribution in [1.82, 2.24) is 4.90 Å². The fourth-order valence-electron chi connectivity index (χ4n) is 4.05. The molecule has 0 radical (unpaired) electrons. The van der Waals surface area contributed by atoms with Gasteiger partial charge in [0, 0.05) is 38.6 Å². The van der Waals surface area contributed by atoms with Crippen molar-refractivity contribution in [2.75, 3.05) is 34.4 Å². The monoisotopic (exact) mass is 349 g/mol. The maximum absolute atomic E-state index is 12.6. The molecule has 0 spiro atoms. The van der Waals surface area contributed by atoms with Gasteiger partial charge in [0.25, 0.3) is 0 Å². The Morgan fingerprint density at radius 2 is 1.84 bits per heavy atom. The second kappa shape index (κ2) is 8.68. The summed E-state index contributed by atoms with van der Waals surface area (Å²) in [6.07, 6.45) is 2.63. The number of benzene rings is 1. The predicted molar refractivity (Wildman–Crippen MR) is 98.3 cm³/mol. The van der Waals surface area contributed by atoms with Crippen molar-refractivity contribution in [3.8, 4) is 11.5 Å². The van der Waals surface area contributed by atoms with Crippen LogP contribution in [0.25, 0.3) is 0 Å². The van der Waals surface area contributed by atoms with E-state index >= 15 is 0 Å². The van der Waals surface area contributed by atoms with Crippen molar-refractivity contribution in [1.29, 1.82) is 0 Å². The van der Waals surface area contributed by atoms with Crippen LogP contribution in [-0.2, 0) is 11.2 Å². The van der Waals surface area contributed by atoms with E-state index in [-0.39, 0.29) is 12.0 Å². The minimum Gasteiger partial charge on any atom is -0.493 e. The molecule has 0 aliphatic carbocycles. The molecule has 1 saturated heterocycles. The normalized spacial score (nSPS) is 22.6. The summed E-state index contributed by atoms with van der Waals surface area (Å²) in [5.41, 5.74) is 2.53. The van der Waals surface area contributed by atoms with Crippen LogP contribution in [0.5, 0.6) is 11.5 Å². The van der Waals surface area contributed by atoms with Gasteiger partial charge in [-0.05, 0) is 42.0 Å². The van der Waals surface area contributed by atoms with Crippen LogP contribution in [0.1, 0.15) is 43.9 Å². The Bertz CT molecular complexity index is 600. The number of fused-ring (bicyclic) bond motifs is 3. The minimum absolute atomic E-state index is 0.202. The maximum Gasteiger partial charge on any atom is 0.161 e. The molecule has 2 unspecified atom stereocenters. The van der Waals surface area contributed by atoms with E-state index in [1.165, 1.54) is 11.1 Å². The van der Waals surface area contributed by atoms with Crippen LogP contribution < -0.4 is 9.47 Å². The van der Waals surface area contributed by atoms with E-state index in [1.807, 2.05) is 0 Å². The van der Waals surface area contributed by atoms with Crippen LogP contribution in [0, 0.1) is 11.8 Å². The van der Waals surface area contributed by atoms with Gasteiger partial charge in [-0.1, -0.05) is 13.8 Å². The number of hydrogen-bond acceptors (Lipinski definition) is 5. The Morgan fingerprint density at radius 3 is 2.44 bits per heavy atom. The zero-order valence-electron chi connectivity index (χ0n) is 16.0. The van der Waals surface area contributed by atoms with E-state index in [4.69, 9.17) is 14.6 Å². The average molecular weight is 349 g/mol. The van der Waals surface area contributed by atoms with Crippen molar-refractivity contribution >= 4 is 5.78 Å². The first kappa shape index (κ1) is 19.7. The second-order valence-electron chi connectivity index (χ2n) is 7.16. The molecule has 0 saturated carbocycles. The van der Waals surface area contributed by atoms with Gasteiger partial charge in [-0.3, -0.25) is 9.69 Å². The molecule has 0 amide bonds. The van der Waals surface area contributed by atoms with E-state index < -0.39 is 0 Å². The smallest absolute Gasteiger partial charge is 0.161 e. The quantitative estimate of drug-likeness (QED) is 0.906. The molecule has 1 aromatic rings. The maximum atomic E-state index is 12.6. The summed E-state index contributed by atoms with van der Waals surface area (Å²) in [5.74, 6) is 2.72. The fourth-order valence-corrected chi connectivity index (χ4v) is 4.05. The van der Waals surface area contributed by atoms with Gasteiger partial charge in [-0.25, -0.2) is 0 Å². The molecular weight excluding hydrogens is 318 g/mol. The van der Waals surface area contributed by atoms with Crippen LogP contribution in [0.2, 0.25) is 0 Å². The molecule has 0 aromatic heterocycles. The molecule has 140 valence electrons. The third-order valence-corrected chi connectivity index (χ3v) is 5.17. The van der Waals surface area contributed by atoms with Gasteiger partial charge < -0.3 is 14.6 Å². The van der Waals surface area contributed by atoms with Gasteiger partial charge in [-0.15, -0.1) is 0 Å². The van der Waals surface area contributed by atoms with Gasteiger partial charge in [0.1, 0.15) is 5.78 Å². The molecule has 3 rings (SSSR count). The standard InChI is InChI=1S/C19H27NO3.CH4O/c1-12(2)7-14-11-20-6-5-13-8-18(22-3)19(23-4)9-15(13)16(20)10-17(14)21;1-2/h8-9,12,14,16H,5-7,10-11H2,1-4H3;2H,1H3. The first-order chi connectivity index (χ1) is 12.0. The van der Waals surface area contributed by atoms with Gasteiger partial charge in [0.15, 0.2) is 11.5 Å². The van der Waals surface area contributed by atoms with Gasteiger partial charge in [-0.2, -0.15) is 0 Å². The second-order valence-corrected chi connectivity index (χ2v) is 7.16. The van der Waals surface area contributed by atoms with Crippen molar-refractivity contribution in [2.24, 2.45) is 11.8 Å². The number of methoxy groups -OCH3 is 2. The lowest BCUT2D eigenvalue weighted by Gasteiger charge is -2.43. The largest absolute Gasteiger partial charge is 0.493 e. The zero-order valence-corrected chi connectivity index (χ0v) is 16.0. The molecule has 5 nitrogen and oxygen atoms in total. The van der Waals surface area contributed by atoms with E-state index in [2.05, 4.69) is 30.9 Å². The summed E-state index contributed by atoms with van der Waals surface area (Å²) >= 11 is 0. The molecule has 1 N–H and O–H groups in total. The van der Waals surface area contributed by atoms with Gasteiger partial charge >= 0.3 is 0 Å². The molecule has 25 heavy (non-hydrogen) atoms. The van der Waals surface area contributed by atoms with E-state index in [9.17, 15) is 4.79 Å². The Hall–Kier alpha value is -1.59. The van der Waals surface area contributed by atoms with Gasteiger partial charge in [0.2, 0.25) is 0 Å². The van der Waals surface area contributed by atoms with Crippen LogP contribution >= 0.6 is 0 Å². The highest BCUT2D eigenvalue weighted by Crippen LogP contribution is 2.42. The number of ketones is 1. The first-order valence-corrected chi connectivity index (χ1v) is 8.99. The van der Waals surface area contributed by atoms with Crippen LogP contribution in [0.15, 0.2) is 12.1 Å². The Balaban J connectivity index is 0.00000109. The van der Waals surface area contributed by atoms with Crippen molar-refractivity contribution in [3.63, 3.8) is 0 Å². The highest BCUT2D eigenvalue weighted by atomic mass is 16.5. The third kappa shape index (κ3) is 4.15. The fraction of sp³-hybridized carbons (Fsp3) is 0.650. The van der Waals surface area contributed by atoms with E-state index in [1.54, 1.807) is 14.2 Å². The number of Topliss-reactive ketones (excluding diaryl/α,β-unsaturated/α-hetero) is 1. The summed E-state index contributed by atoms with van der Waals surface area (Å²) in [6, 6.07) is 4.35.